The minimum atomic E-state index is -0.407. The summed E-state index contributed by atoms with van der Waals surface area (Å²) in [5, 5.41) is 22.6. The molecular weight excluding hydrogens is 597 g/mol. The van der Waals surface area contributed by atoms with Gasteiger partial charge in [0.25, 0.3) is 0 Å². The van der Waals surface area contributed by atoms with Gasteiger partial charge >= 0.3 is 0 Å². The van der Waals surface area contributed by atoms with Crippen molar-refractivity contribution < 1.29 is 0 Å². The SMILES string of the molecule is Cc1ccc(N(c2ccc(C)cc2)c2c(C#N)c(C#N)c(N(c3ccc(C)cc3)c3ccc(C)cc3)c3c2C(C)(C)C(C)(C)C3(C)C)cc1. The number of hydrogen-bond donors (Lipinski definition) is 0. The van der Waals surface area contributed by atoms with E-state index in [0.717, 1.165) is 67.5 Å². The van der Waals surface area contributed by atoms with Crippen molar-refractivity contribution in [1.29, 1.82) is 10.5 Å². The zero-order valence-corrected chi connectivity index (χ0v) is 30.5. The highest BCUT2D eigenvalue weighted by Crippen LogP contribution is 2.68. The van der Waals surface area contributed by atoms with Crippen LogP contribution in [0.15, 0.2) is 97.1 Å². The highest BCUT2D eigenvalue weighted by Gasteiger charge is 2.60. The minimum absolute atomic E-state index is 0.273. The maximum absolute atomic E-state index is 11.3. The summed E-state index contributed by atoms with van der Waals surface area (Å²) in [6.07, 6.45) is 0. The van der Waals surface area contributed by atoms with Gasteiger partial charge in [0.2, 0.25) is 0 Å². The lowest BCUT2D eigenvalue weighted by Crippen LogP contribution is -2.42. The minimum Gasteiger partial charge on any atom is -0.309 e. The van der Waals surface area contributed by atoms with Gasteiger partial charge in [0.1, 0.15) is 12.1 Å². The van der Waals surface area contributed by atoms with Crippen LogP contribution in [0.5, 0.6) is 0 Å². The average Bonchev–Trinajstić information content (AvgIpc) is 3.18. The van der Waals surface area contributed by atoms with Crippen LogP contribution in [0.3, 0.4) is 0 Å². The zero-order valence-electron chi connectivity index (χ0n) is 30.5. The van der Waals surface area contributed by atoms with Crippen molar-refractivity contribution in [3.63, 3.8) is 0 Å². The number of nitrogens with zero attached hydrogens (tertiary/aromatic N) is 4. The number of benzene rings is 5. The van der Waals surface area contributed by atoms with Crippen LogP contribution >= 0.6 is 0 Å². The first-order valence-corrected chi connectivity index (χ1v) is 17.1. The van der Waals surface area contributed by atoms with E-state index in [-0.39, 0.29) is 5.41 Å². The number of nitriles is 2. The van der Waals surface area contributed by atoms with E-state index in [0.29, 0.717) is 11.1 Å². The summed E-state index contributed by atoms with van der Waals surface area (Å²) in [7, 11) is 0. The molecule has 4 heteroatoms. The molecule has 4 nitrogen and oxygen atoms in total. The van der Waals surface area contributed by atoms with E-state index >= 15 is 0 Å². The van der Waals surface area contributed by atoms with Gasteiger partial charge in [-0.3, -0.25) is 0 Å². The molecule has 0 bridgehead atoms. The van der Waals surface area contributed by atoms with Crippen molar-refractivity contribution in [1.82, 2.24) is 0 Å². The van der Waals surface area contributed by atoms with Gasteiger partial charge in [0.15, 0.2) is 0 Å². The molecule has 0 spiro atoms. The van der Waals surface area contributed by atoms with Crippen molar-refractivity contribution in [2.24, 2.45) is 5.41 Å². The molecule has 0 heterocycles. The van der Waals surface area contributed by atoms with Crippen LogP contribution in [0.1, 0.15) is 86.1 Å². The van der Waals surface area contributed by atoms with Gasteiger partial charge in [-0.05, 0) is 104 Å². The lowest BCUT2D eigenvalue weighted by atomic mass is 9.59. The van der Waals surface area contributed by atoms with Crippen LogP contribution in [0.2, 0.25) is 0 Å². The molecule has 5 aromatic carbocycles. The molecule has 6 rings (SSSR count). The molecule has 0 aromatic heterocycles. The van der Waals surface area contributed by atoms with Crippen LogP contribution in [0.25, 0.3) is 0 Å². The summed E-state index contributed by atoms with van der Waals surface area (Å²) >= 11 is 0. The first kappa shape index (κ1) is 33.6. The summed E-state index contributed by atoms with van der Waals surface area (Å²) in [4.78, 5) is 4.42. The van der Waals surface area contributed by atoms with E-state index in [2.05, 4.69) is 188 Å². The second-order valence-corrected chi connectivity index (χ2v) is 15.3. The zero-order chi connectivity index (χ0) is 35.5. The third kappa shape index (κ3) is 5.19. The van der Waals surface area contributed by atoms with E-state index in [1.165, 1.54) is 0 Å². The van der Waals surface area contributed by atoms with Gasteiger partial charge in [0, 0.05) is 22.7 Å². The van der Waals surface area contributed by atoms with Gasteiger partial charge in [-0.15, -0.1) is 0 Å². The molecule has 0 unspecified atom stereocenters. The number of anilines is 6. The summed E-state index contributed by atoms with van der Waals surface area (Å²) in [6.45, 7) is 22.2. The largest absolute Gasteiger partial charge is 0.309 e. The van der Waals surface area contributed by atoms with Crippen molar-refractivity contribution >= 4 is 34.1 Å². The van der Waals surface area contributed by atoms with Gasteiger partial charge < -0.3 is 9.80 Å². The van der Waals surface area contributed by atoms with E-state index in [1.807, 2.05) is 0 Å². The van der Waals surface area contributed by atoms with Crippen LogP contribution in [0.4, 0.5) is 34.1 Å². The fourth-order valence-electron chi connectivity index (χ4n) is 7.60. The number of aryl methyl sites for hydroxylation is 4. The third-order valence-electron chi connectivity index (χ3n) is 11.7. The predicted molar refractivity (Wildman–Crippen MR) is 204 cm³/mol. The first-order chi connectivity index (χ1) is 23.1. The normalized spacial score (nSPS) is 15.2. The topological polar surface area (TPSA) is 54.1 Å². The number of fused-ring (bicyclic) bond motifs is 1. The molecule has 1 aliphatic rings. The van der Waals surface area contributed by atoms with Crippen LogP contribution < -0.4 is 9.80 Å². The highest BCUT2D eigenvalue weighted by atomic mass is 15.2. The Balaban J connectivity index is 1.86. The number of rotatable bonds is 6. The van der Waals surface area contributed by atoms with Crippen molar-refractivity contribution in [3.8, 4) is 12.1 Å². The lowest BCUT2D eigenvalue weighted by molar-refractivity contribution is 0.125. The van der Waals surface area contributed by atoms with E-state index < -0.39 is 10.8 Å². The van der Waals surface area contributed by atoms with Crippen molar-refractivity contribution in [2.75, 3.05) is 9.80 Å². The second-order valence-electron chi connectivity index (χ2n) is 15.3. The van der Waals surface area contributed by atoms with Gasteiger partial charge in [-0.1, -0.05) is 112 Å². The monoisotopic (exact) mass is 642 g/mol. The molecule has 0 fully saturated rings. The Bertz CT molecular complexity index is 1870. The fraction of sp³-hybridized carbons (Fsp3) is 0.289. The molecule has 0 atom stereocenters. The first-order valence-electron chi connectivity index (χ1n) is 17.1. The Morgan fingerprint density at radius 1 is 0.408 bits per heavy atom. The maximum atomic E-state index is 11.3. The van der Waals surface area contributed by atoms with Crippen molar-refractivity contribution in [2.45, 2.75) is 80.1 Å². The number of hydrogen-bond acceptors (Lipinski definition) is 4. The molecule has 246 valence electrons. The lowest BCUT2D eigenvalue weighted by Gasteiger charge is -2.45. The van der Waals surface area contributed by atoms with Crippen LogP contribution in [0, 0.1) is 55.8 Å². The van der Waals surface area contributed by atoms with Gasteiger partial charge in [0.05, 0.1) is 22.5 Å². The molecule has 5 aromatic rings. The molecule has 0 saturated carbocycles. The summed E-state index contributed by atoms with van der Waals surface area (Å²) in [5.74, 6) is 0. The van der Waals surface area contributed by atoms with Gasteiger partial charge in [-0.2, -0.15) is 10.5 Å². The van der Waals surface area contributed by atoms with Gasteiger partial charge in [-0.25, -0.2) is 0 Å². The van der Waals surface area contributed by atoms with Crippen LogP contribution in [-0.2, 0) is 10.8 Å². The Morgan fingerprint density at radius 3 is 0.837 bits per heavy atom. The Labute approximate surface area is 292 Å². The van der Waals surface area contributed by atoms with Crippen molar-refractivity contribution in [3.05, 3.63) is 142 Å². The predicted octanol–water partition coefficient (Wildman–Crippen LogP) is 12.2. The molecule has 0 N–H and O–H groups in total. The Morgan fingerprint density at radius 2 is 0.633 bits per heavy atom. The quantitative estimate of drug-likeness (QED) is 0.185. The Kier molecular flexibility index (Phi) is 8.21. The molecule has 0 aliphatic heterocycles. The average molecular weight is 643 g/mol. The summed E-state index contributed by atoms with van der Waals surface area (Å²) in [6, 6.07) is 39.0. The fourth-order valence-corrected chi connectivity index (χ4v) is 7.60. The molecule has 0 amide bonds. The summed E-state index contributed by atoms with van der Waals surface area (Å²) < 4.78 is 0. The Hall–Kier alpha value is -5.32. The van der Waals surface area contributed by atoms with E-state index in [1.54, 1.807) is 0 Å². The van der Waals surface area contributed by atoms with E-state index in [9.17, 15) is 10.5 Å². The smallest absolute Gasteiger partial charge is 0.103 e. The van der Waals surface area contributed by atoms with Crippen LogP contribution in [-0.4, -0.2) is 0 Å². The molecular formula is C45H46N4. The highest BCUT2D eigenvalue weighted by molar-refractivity contribution is 5.95. The maximum Gasteiger partial charge on any atom is 0.103 e. The molecule has 49 heavy (non-hydrogen) atoms. The standard InChI is InChI=1S/C45H46N4/c1-29-11-19-33(20-12-29)48(34-21-13-30(2)14-22-34)41-37(27-46)38(28-47)42(40-39(41)43(5,6)45(9,10)44(40,7)8)49(35-23-15-31(3)16-24-35)36-25-17-32(4)18-26-36/h11-26H,1-10H3. The second kappa shape index (κ2) is 12.0. The molecule has 0 radical (unpaired) electrons. The third-order valence-corrected chi connectivity index (χ3v) is 11.7. The van der Waals surface area contributed by atoms with E-state index in [4.69, 9.17) is 0 Å². The molecule has 1 aliphatic carbocycles. The summed E-state index contributed by atoms with van der Waals surface area (Å²) in [5.41, 5.74) is 11.8. The molecule has 0 saturated heterocycles.